The van der Waals surface area contributed by atoms with E-state index in [0.29, 0.717) is 35.1 Å². The number of fused-ring (bicyclic) bond motifs is 1. The molecule has 0 spiro atoms. The van der Waals surface area contributed by atoms with Gasteiger partial charge in [0.05, 0.1) is 11.0 Å². The van der Waals surface area contributed by atoms with Crippen molar-refractivity contribution in [1.82, 2.24) is 9.97 Å². The number of hydrogen-bond acceptors (Lipinski definition) is 3. The van der Waals surface area contributed by atoms with E-state index in [0.717, 1.165) is 11.1 Å². The van der Waals surface area contributed by atoms with E-state index in [1.807, 2.05) is 36.4 Å². The number of rotatable bonds is 5. The Labute approximate surface area is 170 Å². The maximum Gasteiger partial charge on any atom is 0.573 e. The van der Waals surface area contributed by atoms with E-state index in [1.165, 1.54) is 24.3 Å². The number of benzene rings is 3. The maximum absolute atomic E-state index is 12.4. The van der Waals surface area contributed by atoms with Crippen molar-refractivity contribution in [2.45, 2.75) is 19.2 Å². The van der Waals surface area contributed by atoms with Crippen molar-refractivity contribution in [2.75, 3.05) is 0 Å². The van der Waals surface area contributed by atoms with Crippen molar-refractivity contribution in [3.8, 4) is 16.9 Å². The summed E-state index contributed by atoms with van der Waals surface area (Å²) in [6.45, 7) is 0. The highest BCUT2D eigenvalue weighted by Gasteiger charge is 2.30. The first-order chi connectivity index (χ1) is 14.4. The Balaban J connectivity index is 1.56. The predicted molar refractivity (Wildman–Crippen MR) is 108 cm³/mol. The molecule has 1 aromatic heterocycles. The molecule has 0 aliphatic heterocycles. The number of H-pyrrole nitrogens is 1. The molecule has 0 saturated carbocycles. The monoisotopic (exact) mass is 410 g/mol. The van der Waals surface area contributed by atoms with Crippen LogP contribution in [0.15, 0.2) is 77.6 Å². The molecule has 0 saturated heterocycles. The van der Waals surface area contributed by atoms with Crippen LogP contribution in [0.5, 0.6) is 5.75 Å². The van der Waals surface area contributed by atoms with Gasteiger partial charge in [-0.15, -0.1) is 13.2 Å². The summed E-state index contributed by atoms with van der Waals surface area (Å²) in [5, 5.41) is 0. The molecule has 1 N–H and O–H groups in total. The van der Waals surface area contributed by atoms with Crippen molar-refractivity contribution in [3.05, 3.63) is 94.4 Å². The number of nitrogens with zero attached hydrogens (tertiary/aromatic N) is 1. The predicted octanol–water partition coefficient (Wildman–Crippen LogP) is 5.27. The zero-order valence-corrected chi connectivity index (χ0v) is 15.7. The van der Waals surface area contributed by atoms with Crippen LogP contribution in [-0.2, 0) is 12.8 Å². The van der Waals surface area contributed by atoms with Crippen LogP contribution in [0.25, 0.3) is 22.2 Å². The van der Waals surface area contributed by atoms with Crippen molar-refractivity contribution >= 4 is 11.0 Å². The van der Waals surface area contributed by atoms with E-state index in [9.17, 15) is 18.0 Å². The molecule has 0 fully saturated rings. The van der Waals surface area contributed by atoms with Crippen molar-refractivity contribution < 1.29 is 17.9 Å². The van der Waals surface area contributed by atoms with Crippen molar-refractivity contribution in [3.63, 3.8) is 0 Å². The highest BCUT2D eigenvalue weighted by molar-refractivity contribution is 5.81. The Kier molecular flexibility index (Phi) is 5.27. The molecular formula is C23H17F3N2O2. The smallest absolute Gasteiger partial charge is 0.406 e. The second-order valence-corrected chi connectivity index (χ2v) is 6.80. The van der Waals surface area contributed by atoms with E-state index in [-0.39, 0.29) is 11.3 Å². The van der Waals surface area contributed by atoms with Crippen LogP contribution in [0.4, 0.5) is 13.2 Å². The Morgan fingerprint density at radius 1 is 0.867 bits per heavy atom. The summed E-state index contributed by atoms with van der Waals surface area (Å²) in [5.41, 5.74) is 4.01. The van der Waals surface area contributed by atoms with Crippen LogP contribution in [-0.4, -0.2) is 16.3 Å². The molecule has 4 rings (SSSR count). The van der Waals surface area contributed by atoms with Gasteiger partial charge in [-0.3, -0.25) is 4.79 Å². The van der Waals surface area contributed by atoms with Crippen LogP contribution in [0.2, 0.25) is 0 Å². The highest BCUT2D eigenvalue weighted by atomic mass is 19.4. The van der Waals surface area contributed by atoms with Gasteiger partial charge in [0, 0.05) is 0 Å². The number of hydrogen-bond donors (Lipinski definition) is 1. The molecule has 0 atom stereocenters. The highest BCUT2D eigenvalue weighted by Crippen LogP contribution is 2.27. The molecule has 0 amide bonds. The quantitative estimate of drug-likeness (QED) is 0.487. The first-order valence-electron chi connectivity index (χ1n) is 9.30. The standard InChI is InChI=1S/C23H17F3N2O2/c24-23(25,26)30-18-10-7-16(8-11-18)17-9-13-19-21(14-17)28-22(29)20(27-19)12-6-15-4-2-1-3-5-15/h1-5,7-11,13-14H,6,12H2,(H,28,29). The summed E-state index contributed by atoms with van der Waals surface area (Å²) in [6, 6.07) is 20.8. The fourth-order valence-electron chi connectivity index (χ4n) is 3.23. The fourth-order valence-corrected chi connectivity index (χ4v) is 3.23. The van der Waals surface area contributed by atoms with Crippen LogP contribution in [0.1, 0.15) is 11.3 Å². The number of aromatic nitrogens is 2. The molecule has 1 heterocycles. The molecule has 3 aromatic carbocycles. The first-order valence-corrected chi connectivity index (χ1v) is 9.30. The van der Waals surface area contributed by atoms with Gasteiger partial charge in [0.2, 0.25) is 0 Å². The zero-order chi connectivity index (χ0) is 21.1. The van der Waals surface area contributed by atoms with Gasteiger partial charge in [-0.2, -0.15) is 0 Å². The number of ether oxygens (including phenoxy) is 1. The normalized spacial score (nSPS) is 11.6. The molecule has 4 aromatic rings. The molecule has 0 unspecified atom stereocenters. The second kappa shape index (κ2) is 8.02. The summed E-state index contributed by atoms with van der Waals surface area (Å²) >= 11 is 0. The molecule has 30 heavy (non-hydrogen) atoms. The summed E-state index contributed by atoms with van der Waals surface area (Å²) in [4.78, 5) is 19.8. The average molecular weight is 410 g/mol. The lowest BCUT2D eigenvalue weighted by molar-refractivity contribution is -0.274. The summed E-state index contributed by atoms with van der Waals surface area (Å²) in [5.74, 6) is -0.287. The minimum Gasteiger partial charge on any atom is -0.406 e. The summed E-state index contributed by atoms with van der Waals surface area (Å²) < 4.78 is 40.8. The van der Waals surface area contributed by atoms with E-state index in [1.54, 1.807) is 12.1 Å². The van der Waals surface area contributed by atoms with Crippen molar-refractivity contribution in [2.24, 2.45) is 0 Å². The maximum atomic E-state index is 12.4. The van der Waals surface area contributed by atoms with Gasteiger partial charge in [0.1, 0.15) is 11.4 Å². The van der Waals surface area contributed by atoms with E-state index in [4.69, 9.17) is 0 Å². The molecule has 152 valence electrons. The molecular weight excluding hydrogens is 393 g/mol. The second-order valence-electron chi connectivity index (χ2n) is 6.80. The van der Waals surface area contributed by atoms with Gasteiger partial charge in [-0.1, -0.05) is 48.5 Å². The Morgan fingerprint density at radius 3 is 2.27 bits per heavy atom. The van der Waals surface area contributed by atoms with E-state index >= 15 is 0 Å². The number of alkyl halides is 3. The average Bonchev–Trinajstić information content (AvgIpc) is 2.72. The topological polar surface area (TPSA) is 55.0 Å². The van der Waals surface area contributed by atoms with Gasteiger partial charge in [-0.05, 0) is 53.8 Å². The molecule has 0 bridgehead atoms. The summed E-state index contributed by atoms with van der Waals surface area (Å²) in [6.07, 6.45) is -3.49. The first kappa shape index (κ1) is 19.7. The third kappa shape index (κ3) is 4.68. The SMILES string of the molecule is O=c1[nH]c2cc(-c3ccc(OC(F)(F)F)cc3)ccc2nc1CCc1ccccc1. The fraction of sp³-hybridized carbons (Fsp3) is 0.130. The number of aromatic amines is 1. The van der Waals surface area contributed by atoms with Crippen LogP contribution >= 0.6 is 0 Å². The minimum absolute atomic E-state index is 0.246. The number of aryl methyl sites for hydroxylation is 2. The number of nitrogens with one attached hydrogen (secondary N) is 1. The van der Waals surface area contributed by atoms with Gasteiger partial charge < -0.3 is 9.72 Å². The van der Waals surface area contributed by atoms with Crippen LogP contribution < -0.4 is 10.3 Å². The van der Waals surface area contributed by atoms with Gasteiger partial charge >= 0.3 is 6.36 Å². The Bertz CT molecular complexity index is 1220. The van der Waals surface area contributed by atoms with E-state index < -0.39 is 6.36 Å². The lowest BCUT2D eigenvalue weighted by atomic mass is 10.0. The molecule has 4 nitrogen and oxygen atoms in total. The third-order valence-corrected chi connectivity index (χ3v) is 4.68. The van der Waals surface area contributed by atoms with Crippen molar-refractivity contribution in [1.29, 1.82) is 0 Å². The zero-order valence-electron chi connectivity index (χ0n) is 15.7. The molecule has 7 heteroatoms. The number of halogens is 3. The van der Waals surface area contributed by atoms with Crippen LogP contribution in [0.3, 0.4) is 0 Å². The summed E-state index contributed by atoms with van der Waals surface area (Å²) in [7, 11) is 0. The molecule has 0 aliphatic carbocycles. The Hall–Kier alpha value is -3.61. The molecule has 0 aliphatic rings. The van der Waals surface area contributed by atoms with Gasteiger partial charge in [0.15, 0.2) is 0 Å². The lowest BCUT2D eigenvalue weighted by Gasteiger charge is -2.10. The molecule has 0 radical (unpaired) electrons. The third-order valence-electron chi connectivity index (χ3n) is 4.68. The van der Waals surface area contributed by atoms with Crippen LogP contribution in [0, 0.1) is 0 Å². The largest absolute Gasteiger partial charge is 0.573 e. The lowest BCUT2D eigenvalue weighted by Crippen LogP contribution is -2.16. The van der Waals surface area contributed by atoms with E-state index in [2.05, 4.69) is 14.7 Å². The van der Waals surface area contributed by atoms with Gasteiger partial charge in [0.25, 0.3) is 5.56 Å². The minimum atomic E-state index is -4.73. The Morgan fingerprint density at radius 2 is 1.57 bits per heavy atom. The van der Waals surface area contributed by atoms with Gasteiger partial charge in [-0.25, -0.2) is 4.98 Å².